The van der Waals surface area contributed by atoms with Gasteiger partial charge in [-0.15, -0.1) is 0 Å². The highest BCUT2D eigenvalue weighted by Gasteiger charge is 2.30. The van der Waals surface area contributed by atoms with Gasteiger partial charge in [-0.25, -0.2) is 4.39 Å². The Balaban J connectivity index is 1.52. The molecular formula is C18H20FN. The maximum absolute atomic E-state index is 12.9. The molecule has 0 amide bonds. The summed E-state index contributed by atoms with van der Waals surface area (Å²) in [5.41, 5.74) is 2.59. The topological polar surface area (TPSA) is 12.0 Å². The Morgan fingerprint density at radius 3 is 2.30 bits per heavy atom. The fourth-order valence-electron chi connectivity index (χ4n) is 2.95. The van der Waals surface area contributed by atoms with E-state index < -0.39 is 0 Å². The van der Waals surface area contributed by atoms with E-state index in [0.717, 1.165) is 5.56 Å². The van der Waals surface area contributed by atoms with Crippen molar-refractivity contribution >= 4 is 0 Å². The van der Waals surface area contributed by atoms with Crippen LogP contribution < -0.4 is 5.32 Å². The highest BCUT2D eigenvalue weighted by Crippen LogP contribution is 2.37. The highest BCUT2D eigenvalue weighted by atomic mass is 19.1. The highest BCUT2D eigenvalue weighted by molar-refractivity contribution is 5.24. The first kappa shape index (κ1) is 13.3. The molecular weight excluding hydrogens is 249 g/mol. The van der Waals surface area contributed by atoms with Crippen LogP contribution in [-0.4, -0.2) is 6.04 Å². The molecule has 0 aromatic heterocycles. The Morgan fingerprint density at radius 2 is 1.65 bits per heavy atom. The van der Waals surface area contributed by atoms with Crippen LogP contribution in [0.15, 0.2) is 54.6 Å². The minimum atomic E-state index is -0.172. The van der Waals surface area contributed by atoms with E-state index in [0.29, 0.717) is 12.0 Å². The zero-order valence-electron chi connectivity index (χ0n) is 11.7. The van der Waals surface area contributed by atoms with Crippen LogP contribution >= 0.6 is 0 Å². The summed E-state index contributed by atoms with van der Waals surface area (Å²) in [7, 11) is 0. The van der Waals surface area contributed by atoms with Crippen molar-refractivity contribution in [3.05, 3.63) is 71.5 Å². The van der Waals surface area contributed by atoms with Gasteiger partial charge in [0, 0.05) is 12.1 Å². The molecule has 1 N–H and O–H groups in total. The first-order valence-electron chi connectivity index (χ1n) is 7.29. The zero-order valence-corrected chi connectivity index (χ0v) is 11.7. The number of hydrogen-bond donors (Lipinski definition) is 1. The summed E-state index contributed by atoms with van der Waals surface area (Å²) in [6.07, 6.45) is 2.38. The second kappa shape index (κ2) is 5.76. The number of nitrogens with one attached hydrogen (secondary N) is 1. The molecule has 1 saturated carbocycles. The number of hydrogen-bond acceptors (Lipinski definition) is 1. The summed E-state index contributed by atoms with van der Waals surface area (Å²) in [5.74, 6) is 0.517. The van der Waals surface area contributed by atoms with Crippen LogP contribution in [0.2, 0.25) is 0 Å². The Labute approximate surface area is 119 Å². The molecule has 3 rings (SSSR count). The van der Waals surface area contributed by atoms with Crippen LogP contribution in [0.5, 0.6) is 0 Å². The third-order valence-corrected chi connectivity index (χ3v) is 4.26. The Kier molecular flexibility index (Phi) is 3.83. The molecule has 0 saturated heterocycles. The minimum Gasteiger partial charge on any atom is -0.307 e. The summed E-state index contributed by atoms with van der Waals surface area (Å²) in [6, 6.07) is 18.3. The van der Waals surface area contributed by atoms with Crippen LogP contribution in [0.3, 0.4) is 0 Å². The van der Waals surface area contributed by atoms with Gasteiger partial charge in [-0.3, -0.25) is 0 Å². The smallest absolute Gasteiger partial charge is 0.123 e. The van der Waals surface area contributed by atoms with Gasteiger partial charge in [-0.2, -0.15) is 0 Å². The Bertz CT molecular complexity index is 543. The standard InChI is InChI=1S/C18H20FN/c1-13(14-7-9-17(19)10-8-14)20-18-11-16(12-18)15-5-3-2-4-6-15/h2-10,13,16,18,20H,11-12H2,1H3/t13-,16?,18?/m0/s1. The summed E-state index contributed by atoms with van der Waals surface area (Å²) in [5, 5.41) is 3.63. The van der Waals surface area contributed by atoms with Crippen LogP contribution in [-0.2, 0) is 0 Å². The van der Waals surface area contributed by atoms with E-state index in [1.54, 1.807) is 0 Å². The quantitative estimate of drug-likeness (QED) is 0.866. The van der Waals surface area contributed by atoms with E-state index in [2.05, 4.69) is 42.6 Å². The maximum Gasteiger partial charge on any atom is 0.123 e. The third-order valence-electron chi connectivity index (χ3n) is 4.26. The van der Waals surface area contributed by atoms with Crippen LogP contribution in [0.4, 0.5) is 4.39 Å². The summed E-state index contributed by atoms with van der Waals surface area (Å²) >= 11 is 0. The normalized spacial score (nSPS) is 23.1. The van der Waals surface area contributed by atoms with Crippen LogP contribution in [0.25, 0.3) is 0 Å². The van der Waals surface area contributed by atoms with E-state index in [9.17, 15) is 4.39 Å². The molecule has 20 heavy (non-hydrogen) atoms. The molecule has 2 aromatic rings. The lowest BCUT2D eigenvalue weighted by Gasteiger charge is -2.38. The Hall–Kier alpha value is -1.67. The fraction of sp³-hybridized carbons (Fsp3) is 0.333. The van der Waals surface area contributed by atoms with Gasteiger partial charge in [0.15, 0.2) is 0 Å². The molecule has 1 aliphatic rings. The van der Waals surface area contributed by atoms with Gasteiger partial charge >= 0.3 is 0 Å². The van der Waals surface area contributed by atoms with Crippen LogP contribution in [0, 0.1) is 5.82 Å². The lowest BCUT2D eigenvalue weighted by Crippen LogP contribution is -2.41. The van der Waals surface area contributed by atoms with E-state index >= 15 is 0 Å². The molecule has 0 radical (unpaired) electrons. The van der Waals surface area contributed by atoms with Crippen molar-refractivity contribution in [2.24, 2.45) is 0 Å². The second-order valence-corrected chi connectivity index (χ2v) is 5.72. The van der Waals surface area contributed by atoms with Crippen molar-refractivity contribution < 1.29 is 4.39 Å². The lowest BCUT2D eigenvalue weighted by molar-refractivity contribution is 0.271. The molecule has 0 unspecified atom stereocenters. The largest absolute Gasteiger partial charge is 0.307 e. The number of rotatable bonds is 4. The van der Waals surface area contributed by atoms with E-state index in [-0.39, 0.29) is 11.9 Å². The molecule has 1 atom stereocenters. The Morgan fingerprint density at radius 1 is 1.00 bits per heavy atom. The molecule has 0 spiro atoms. The summed E-state index contributed by atoms with van der Waals surface area (Å²) < 4.78 is 12.9. The van der Waals surface area contributed by atoms with E-state index in [4.69, 9.17) is 0 Å². The van der Waals surface area contributed by atoms with Crippen LogP contribution in [0.1, 0.15) is 42.9 Å². The van der Waals surface area contributed by atoms with E-state index in [1.807, 2.05) is 12.1 Å². The lowest BCUT2D eigenvalue weighted by atomic mass is 9.75. The molecule has 1 aliphatic carbocycles. The fourth-order valence-corrected chi connectivity index (χ4v) is 2.95. The second-order valence-electron chi connectivity index (χ2n) is 5.72. The van der Waals surface area contributed by atoms with Gasteiger partial charge < -0.3 is 5.32 Å². The van der Waals surface area contributed by atoms with Gasteiger partial charge in [0.2, 0.25) is 0 Å². The molecule has 2 aromatic carbocycles. The van der Waals surface area contributed by atoms with Gasteiger partial charge in [0.05, 0.1) is 0 Å². The first-order chi connectivity index (χ1) is 9.72. The molecule has 1 nitrogen and oxygen atoms in total. The molecule has 1 fully saturated rings. The predicted octanol–water partition coefficient (Wildman–Crippen LogP) is 4.42. The van der Waals surface area contributed by atoms with Gasteiger partial charge in [0.1, 0.15) is 5.82 Å². The molecule has 0 heterocycles. The average Bonchev–Trinajstić information content (AvgIpc) is 2.44. The molecule has 104 valence electrons. The summed E-state index contributed by atoms with van der Waals surface area (Å²) in [4.78, 5) is 0. The first-order valence-corrected chi connectivity index (χ1v) is 7.29. The molecule has 2 heteroatoms. The molecule has 0 bridgehead atoms. The maximum atomic E-state index is 12.9. The van der Waals surface area contributed by atoms with Crippen molar-refractivity contribution in [2.75, 3.05) is 0 Å². The van der Waals surface area contributed by atoms with Crippen molar-refractivity contribution in [1.82, 2.24) is 5.32 Å². The van der Waals surface area contributed by atoms with Gasteiger partial charge in [-0.1, -0.05) is 42.5 Å². The van der Waals surface area contributed by atoms with Crippen molar-refractivity contribution in [1.29, 1.82) is 0 Å². The van der Waals surface area contributed by atoms with Gasteiger partial charge in [-0.05, 0) is 48.9 Å². The van der Waals surface area contributed by atoms with Crippen molar-refractivity contribution in [3.63, 3.8) is 0 Å². The summed E-state index contributed by atoms with van der Waals surface area (Å²) in [6.45, 7) is 2.14. The van der Waals surface area contributed by atoms with Gasteiger partial charge in [0.25, 0.3) is 0 Å². The number of benzene rings is 2. The average molecular weight is 269 g/mol. The number of halogens is 1. The predicted molar refractivity (Wildman–Crippen MR) is 80.2 cm³/mol. The third kappa shape index (κ3) is 2.91. The SMILES string of the molecule is C[C@H](NC1CC(c2ccccc2)C1)c1ccc(F)cc1. The minimum absolute atomic E-state index is 0.172. The van der Waals surface area contributed by atoms with Crippen molar-refractivity contribution in [3.8, 4) is 0 Å². The van der Waals surface area contributed by atoms with Crippen molar-refractivity contribution in [2.45, 2.75) is 37.8 Å². The van der Waals surface area contributed by atoms with E-state index in [1.165, 1.54) is 30.5 Å². The monoisotopic (exact) mass is 269 g/mol. The zero-order chi connectivity index (χ0) is 13.9. The molecule has 0 aliphatic heterocycles.